The van der Waals surface area contributed by atoms with Crippen molar-refractivity contribution in [3.63, 3.8) is 0 Å². The standard InChI is InChI=1S/C10H14FN3O2/c1-6(10(12)14-15)13-9-5-7(16-2)3-4-8(9)11/h3-6,13,15H,1-2H3,(H2,12,14). The maximum Gasteiger partial charge on any atom is 0.161 e. The highest BCUT2D eigenvalue weighted by Crippen LogP contribution is 2.21. The molecular weight excluding hydrogens is 213 g/mol. The zero-order chi connectivity index (χ0) is 12.1. The van der Waals surface area contributed by atoms with Gasteiger partial charge in [0.2, 0.25) is 0 Å². The lowest BCUT2D eigenvalue weighted by atomic mass is 10.2. The van der Waals surface area contributed by atoms with E-state index in [1.807, 2.05) is 0 Å². The van der Waals surface area contributed by atoms with Crippen LogP contribution in [-0.2, 0) is 0 Å². The van der Waals surface area contributed by atoms with Gasteiger partial charge in [-0.15, -0.1) is 0 Å². The molecule has 88 valence electrons. The van der Waals surface area contributed by atoms with E-state index in [1.54, 1.807) is 6.92 Å². The van der Waals surface area contributed by atoms with Crippen LogP contribution in [0, 0.1) is 5.82 Å². The number of hydrogen-bond donors (Lipinski definition) is 3. The van der Waals surface area contributed by atoms with Crippen LogP contribution in [0.15, 0.2) is 23.4 Å². The zero-order valence-electron chi connectivity index (χ0n) is 9.07. The van der Waals surface area contributed by atoms with Gasteiger partial charge in [-0.1, -0.05) is 5.16 Å². The molecule has 1 aromatic carbocycles. The fraction of sp³-hybridized carbons (Fsp3) is 0.300. The quantitative estimate of drug-likeness (QED) is 0.314. The molecule has 1 aromatic rings. The van der Waals surface area contributed by atoms with Crippen molar-refractivity contribution in [2.45, 2.75) is 13.0 Å². The van der Waals surface area contributed by atoms with Crippen molar-refractivity contribution in [3.05, 3.63) is 24.0 Å². The SMILES string of the molecule is COc1ccc(F)c(NC(C)C(N)=NO)c1. The Balaban J connectivity index is 2.87. The number of anilines is 1. The Morgan fingerprint density at radius 2 is 2.31 bits per heavy atom. The first-order valence-electron chi connectivity index (χ1n) is 4.66. The lowest BCUT2D eigenvalue weighted by molar-refractivity contribution is 0.316. The van der Waals surface area contributed by atoms with Gasteiger partial charge in [0.15, 0.2) is 5.84 Å². The number of nitrogens with one attached hydrogen (secondary N) is 1. The molecule has 0 aliphatic carbocycles. The molecule has 4 N–H and O–H groups in total. The monoisotopic (exact) mass is 227 g/mol. The zero-order valence-corrected chi connectivity index (χ0v) is 9.07. The van der Waals surface area contributed by atoms with Gasteiger partial charge >= 0.3 is 0 Å². The maximum absolute atomic E-state index is 13.4. The smallest absolute Gasteiger partial charge is 0.161 e. The van der Waals surface area contributed by atoms with Gasteiger partial charge in [0, 0.05) is 6.07 Å². The van der Waals surface area contributed by atoms with Crippen molar-refractivity contribution in [3.8, 4) is 5.75 Å². The molecule has 0 radical (unpaired) electrons. The van der Waals surface area contributed by atoms with E-state index in [-0.39, 0.29) is 11.5 Å². The minimum atomic E-state index is -0.480. The van der Waals surface area contributed by atoms with Crippen molar-refractivity contribution in [2.75, 3.05) is 12.4 Å². The minimum Gasteiger partial charge on any atom is -0.497 e. The molecule has 1 rings (SSSR count). The maximum atomic E-state index is 13.4. The predicted molar refractivity (Wildman–Crippen MR) is 59.4 cm³/mol. The van der Waals surface area contributed by atoms with Crippen molar-refractivity contribution in [2.24, 2.45) is 10.9 Å². The summed E-state index contributed by atoms with van der Waals surface area (Å²) in [4.78, 5) is 0. The van der Waals surface area contributed by atoms with Crippen LogP contribution in [0.2, 0.25) is 0 Å². The Bertz CT molecular complexity index is 396. The van der Waals surface area contributed by atoms with Gasteiger partial charge in [-0.2, -0.15) is 0 Å². The molecule has 0 aliphatic heterocycles. The van der Waals surface area contributed by atoms with Gasteiger partial charge in [0.05, 0.1) is 18.8 Å². The van der Waals surface area contributed by atoms with E-state index >= 15 is 0 Å². The summed E-state index contributed by atoms with van der Waals surface area (Å²) in [6.07, 6.45) is 0. The molecule has 0 saturated carbocycles. The molecule has 0 spiro atoms. The van der Waals surface area contributed by atoms with E-state index in [0.717, 1.165) is 0 Å². The molecule has 1 atom stereocenters. The summed E-state index contributed by atoms with van der Waals surface area (Å²) in [5.74, 6) is 0.0659. The molecule has 0 amide bonds. The van der Waals surface area contributed by atoms with E-state index in [2.05, 4.69) is 10.5 Å². The molecule has 6 heteroatoms. The molecule has 1 unspecified atom stereocenters. The summed E-state index contributed by atoms with van der Waals surface area (Å²) < 4.78 is 18.3. The number of amidine groups is 1. The third-order valence-corrected chi connectivity index (χ3v) is 2.10. The molecule has 0 heterocycles. The van der Waals surface area contributed by atoms with Gasteiger partial charge in [0.25, 0.3) is 0 Å². The van der Waals surface area contributed by atoms with Crippen molar-refractivity contribution in [1.29, 1.82) is 0 Å². The topological polar surface area (TPSA) is 79.9 Å². The Kier molecular flexibility index (Phi) is 3.93. The van der Waals surface area contributed by atoms with E-state index < -0.39 is 11.9 Å². The van der Waals surface area contributed by atoms with Gasteiger partial charge in [0.1, 0.15) is 11.6 Å². The first kappa shape index (κ1) is 12.1. The van der Waals surface area contributed by atoms with Crippen molar-refractivity contribution in [1.82, 2.24) is 0 Å². The molecule has 0 aromatic heterocycles. The van der Waals surface area contributed by atoms with Crippen LogP contribution >= 0.6 is 0 Å². The van der Waals surface area contributed by atoms with Crippen molar-refractivity contribution >= 4 is 11.5 Å². The largest absolute Gasteiger partial charge is 0.497 e. The number of methoxy groups -OCH3 is 1. The number of benzene rings is 1. The van der Waals surface area contributed by atoms with E-state index in [1.165, 1.54) is 25.3 Å². The molecule has 5 nitrogen and oxygen atoms in total. The lowest BCUT2D eigenvalue weighted by Crippen LogP contribution is -2.33. The molecule has 16 heavy (non-hydrogen) atoms. The molecule has 0 saturated heterocycles. The first-order chi connectivity index (χ1) is 7.58. The second-order valence-electron chi connectivity index (χ2n) is 3.24. The Morgan fingerprint density at radius 3 is 2.88 bits per heavy atom. The number of nitrogens with two attached hydrogens (primary N) is 1. The predicted octanol–water partition coefficient (Wildman–Crippen LogP) is 1.38. The molecule has 0 fully saturated rings. The van der Waals surface area contributed by atoms with E-state index in [0.29, 0.717) is 5.75 Å². The molecular formula is C10H14FN3O2. The van der Waals surface area contributed by atoms with Crippen LogP contribution in [0.25, 0.3) is 0 Å². The first-order valence-corrected chi connectivity index (χ1v) is 4.66. The Morgan fingerprint density at radius 1 is 1.62 bits per heavy atom. The van der Waals surface area contributed by atoms with Crippen LogP contribution in [0.4, 0.5) is 10.1 Å². The molecule has 0 bridgehead atoms. The highest BCUT2D eigenvalue weighted by molar-refractivity contribution is 5.87. The van der Waals surface area contributed by atoms with Crippen LogP contribution in [-0.4, -0.2) is 24.2 Å². The fourth-order valence-corrected chi connectivity index (χ4v) is 1.14. The second kappa shape index (κ2) is 5.20. The number of hydrogen-bond acceptors (Lipinski definition) is 4. The summed E-state index contributed by atoms with van der Waals surface area (Å²) in [6.45, 7) is 1.65. The van der Waals surface area contributed by atoms with Crippen LogP contribution in [0.1, 0.15) is 6.92 Å². The van der Waals surface area contributed by atoms with Gasteiger partial charge in [-0.3, -0.25) is 0 Å². The third kappa shape index (κ3) is 2.75. The summed E-state index contributed by atoms with van der Waals surface area (Å²) >= 11 is 0. The van der Waals surface area contributed by atoms with Gasteiger partial charge in [-0.25, -0.2) is 4.39 Å². The Hall–Kier alpha value is -1.98. The average Bonchev–Trinajstić information content (AvgIpc) is 2.30. The number of halogens is 1. The summed E-state index contributed by atoms with van der Waals surface area (Å²) in [5.41, 5.74) is 5.60. The molecule has 0 aliphatic rings. The lowest BCUT2D eigenvalue weighted by Gasteiger charge is -2.14. The second-order valence-corrected chi connectivity index (χ2v) is 3.24. The van der Waals surface area contributed by atoms with E-state index in [9.17, 15) is 4.39 Å². The average molecular weight is 227 g/mol. The van der Waals surface area contributed by atoms with Gasteiger partial charge < -0.3 is 21.0 Å². The van der Waals surface area contributed by atoms with E-state index in [4.69, 9.17) is 15.7 Å². The van der Waals surface area contributed by atoms with Crippen LogP contribution in [0.5, 0.6) is 5.75 Å². The minimum absolute atomic E-state index is 0.0257. The third-order valence-electron chi connectivity index (χ3n) is 2.10. The number of rotatable bonds is 4. The Labute approximate surface area is 92.7 Å². The summed E-state index contributed by atoms with van der Waals surface area (Å²) in [7, 11) is 1.49. The highest BCUT2D eigenvalue weighted by Gasteiger charge is 2.10. The summed E-state index contributed by atoms with van der Waals surface area (Å²) in [6, 6.07) is 3.80. The highest BCUT2D eigenvalue weighted by atomic mass is 19.1. The fourth-order valence-electron chi connectivity index (χ4n) is 1.14. The normalized spacial score (nSPS) is 13.3. The van der Waals surface area contributed by atoms with Crippen LogP contribution in [0.3, 0.4) is 0 Å². The van der Waals surface area contributed by atoms with Crippen LogP contribution < -0.4 is 15.8 Å². The number of nitrogens with zero attached hydrogens (tertiary/aromatic N) is 1. The van der Waals surface area contributed by atoms with Crippen molar-refractivity contribution < 1.29 is 14.3 Å². The van der Waals surface area contributed by atoms with Gasteiger partial charge in [-0.05, 0) is 19.1 Å². The number of oxime groups is 1. The number of ether oxygens (including phenoxy) is 1. The summed E-state index contributed by atoms with van der Waals surface area (Å²) in [5, 5.41) is 14.1.